The first-order valence-corrected chi connectivity index (χ1v) is 7.73. The summed E-state index contributed by atoms with van der Waals surface area (Å²) in [5.74, 6) is 0.536. The molecule has 1 aromatic carbocycles. The highest BCUT2D eigenvalue weighted by Gasteiger charge is 2.24. The maximum absolute atomic E-state index is 12.2. The molecule has 0 fully saturated rings. The summed E-state index contributed by atoms with van der Waals surface area (Å²) in [4.78, 5) is 23.7. The van der Waals surface area contributed by atoms with Crippen LogP contribution in [0.5, 0.6) is 11.5 Å². The Bertz CT molecular complexity index is 748. The lowest BCUT2D eigenvalue weighted by atomic mass is 10.2. The van der Waals surface area contributed by atoms with Crippen LogP contribution in [-0.4, -0.2) is 31.7 Å². The van der Waals surface area contributed by atoms with E-state index in [1.807, 2.05) is 0 Å². The third-order valence-electron chi connectivity index (χ3n) is 3.28. The first-order chi connectivity index (χ1) is 11.8. The van der Waals surface area contributed by atoms with Crippen LogP contribution in [0, 0.1) is 0 Å². The summed E-state index contributed by atoms with van der Waals surface area (Å²) in [6.45, 7) is 5.49. The lowest BCUT2D eigenvalue weighted by Crippen LogP contribution is -2.49. The van der Waals surface area contributed by atoms with Gasteiger partial charge in [0, 0.05) is 11.1 Å². The highest BCUT2D eigenvalue weighted by Crippen LogP contribution is 2.25. The SMILES string of the molecule is C=C1NC(=O)NC(C(=O)N[C@H](C)COc2cc(Cl)cc(OC)c2)=C1N. The second-order valence-electron chi connectivity index (χ2n) is 5.36. The van der Waals surface area contributed by atoms with Gasteiger partial charge in [0.2, 0.25) is 0 Å². The Morgan fingerprint density at radius 3 is 2.72 bits per heavy atom. The first kappa shape index (κ1) is 18.5. The third kappa shape index (κ3) is 4.80. The van der Waals surface area contributed by atoms with E-state index < -0.39 is 11.9 Å². The highest BCUT2D eigenvalue weighted by atomic mass is 35.5. The van der Waals surface area contributed by atoms with E-state index in [2.05, 4.69) is 22.5 Å². The van der Waals surface area contributed by atoms with Crippen molar-refractivity contribution in [1.82, 2.24) is 16.0 Å². The van der Waals surface area contributed by atoms with Gasteiger partial charge in [-0.2, -0.15) is 0 Å². The van der Waals surface area contributed by atoms with Crippen LogP contribution in [0.25, 0.3) is 0 Å². The van der Waals surface area contributed by atoms with Gasteiger partial charge in [-0.1, -0.05) is 18.2 Å². The van der Waals surface area contributed by atoms with Crippen LogP contribution in [0.4, 0.5) is 4.79 Å². The zero-order valence-corrected chi connectivity index (χ0v) is 14.6. The molecule has 0 radical (unpaired) electrons. The molecule has 134 valence electrons. The zero-order chi connectivity index (χ0) is 18.6. The second-order valence-corrected chi connectivity index (χ2v) is 5.80. The van der Waals surface area contributed by atoms with Gasteiger partial charge < -0.3 is 31.2 Å². The fourth-order valence-corrected chi connectivity index (χ4v) is 2.26. The number of urea groups is 1. The van der Waals surface area contributed by atoms with Gasteiger partial charge in [0.1, 0.15) is 23.8 Å². The molecule has 0 spiro atoms. The number of carbonyl (C=O) groups is 2. The predicted octanol–water partition coefficient (Wildman–Crippen LogP) is 1.23. The summed E-state index contributed by atoms with van der Waals surface area (Å²) in [7, 11) is 1.53. The van der Waals surface area contributed by atoms with Gasteiger partial charge in [0.05, 0.1) is 24.5 Å². The molecule has 0 saturated carbocycles. The zero-order valence-electron chi connectivity index (χ0n) is 13.8. The van der Waals surface area contributed by atoms with Crippen LogP contribution < -0.4 is 31.2 Å². The van der Waals surface area contributed by atoms with Crippen LogP contribution in [0.1, 0.15) is 6.92 Å². The Hall–Kier alpha value is -2.87. The second kappa shape index (κ2) is 7.80. The molecule has 0 aromatic heterocycles. The smallest absolute Gasteiger partial charge is 0.323 e. The Balaban J connectivity index is 1.96. The Kier molecular flexibility index (Phi) is 5.76. The maximum atomic E-state index is 12.2. The van der Waals surface area contributed by atoms with Crippen molar-refractivity contribution in [2.24, 2.45) is 5.73 Å². The fourth-order valence-electron chi connectivity index (χ4n) is 2.04. The highest BCUT2D eigenvalue weighted by molar-refractivity contribution is 6.30. The van der Waals surface area contributed by atoms with E-state index >= 15 is 0 Å². The molecular weight excluding hydrogens is 348 g/mol. The monoisotopic (exact) mass is 366 g/mol. The molecule has 0 aliphatic carbocycles. The van der Waals surface area contributed by atoms with Crippen molar-refractivity contribution < 1.29 is 19.1 Å². The van der Waals surface area contributed by atoms with E-state index in [9.17, 15) is 9.59 Å². The van der Waals surface area contributed by atoms with Gasteiger partial charge >= 0.3 is 6.03 Å². The van der Waals surface area contributed by atoms with Crippen molar-refractivity contribution in [3.63, 3.8) is 0 Å². The van der Waals surface area contributed by atoms with Crippen LogP contribution in [0.15, 0.2) is 41.9 Å². The molecule has 1 aromatic rings. The van der Waals surface area contributed by atoms with Crippen LogP contribution in [-0.2, 0) is 4.79 Å². The largest absolute Gasteiger partial charge is 0.497 e. The minimum Gasteiger partial charge on any atom is -0.497 e. The fraction of sp³-hybridized carbons (Fsp3) is 0.250. The molecule has 8 nitrogen and oxygen atoms in total. The molecule has 1 heterocycles. The molecule has 1 aliphatic rings. The number of hydrogen-bond acceptors (Lipinski definition) is 5. The van der Waals surface area contributed by atoms with E-state index in [0.29, 0.717) is 16.5 Å². The Labute approximate surface area is 150 Å². The Morgan fingerprint density at radius 1 is 1.36 bits per heavy atom. The molecule has 25 heavy (non-hydrogen) atoms. The van der Waals surface area contributed by atoms with E-state index in [0.717, 1.165) is 0 Å². The predicted molar refractivity (Wildman–Crippen MR) is 93.1 cm³/mol. The minimum absolute atomic E-state index is 0.0509. The average Bonchev–Trinajstić information content (AvgIpc) is 2.55. The van der Waals surface area contributed by atoms with Gasteiger partial charge in [0.25, 0.3) is 5.91 Å². The van der Waals surface area contributed by atoms with Gasteiger partial charge in [0.15, 0.2) is 0 Å². The molecule has 5 N–H and O–H groups in total. The van der Waals surface area contributed by atoms with E-state index in [1.54, 1.807) is 25.1 Å². The third-order valence-corrected chi connectivity index (χ3v) is 3.50. The van der Waals surface area contributed by atoms with Crippen LogP contribution in [0.2, 0.25) is 5.02 Å². The number of carbonyl (C=O) groups excluding carboxylic acids is 2. The van der Waals surface area contributed by atoms with Crippen molar-refractivity contribution in [2.45, 2.75) is 13.0 Å². The number of methoxy groups -OCH3 is 1. The van der Waals surface area contributed by atoms with Crippen molar-refractivity contribution >= 4 is 23.5 Å². The minimum atomic E-state index is -0.570. The van der Waals surface area contributed by atoms with Crippen molar-refractivity contribution in [3.8, 4) is 11.5 Å². The molecular formula is C16H19ClN4O4. The number of nitrogens with two attached hydrogens (primary N) is 1. The Morgan fingerprint density at radius 2 is 2.04 bits per heavy atom. The summed E-state index contributed by atoms with van der Waals surface area (Å²) in [6, 6.07) is 4.03. The number of halogens is 1. The number of rotatable bonds is 6. The summed E-state index contributed by atoms with van der Waals surface area (Å²) in [5, 5.41) is 7.89. The lowest BCUT2D eigenvalue weighted by Gasteiger charge is -2.22. The maximum Gasteiger partial charge on any atom is 0.323 e. The number of nitrogens with one attached hydrogen (secondary N) is 3. The molecule has 9 heteroatoms. The van der Waals surface area contributed by atoms with E-state index in [1.165, 1.54) is 7.11 Å². The molecule has 0 unspecified atom stereocenters. The van der Waals surface area contributed by atoms with Gasteiger partial charge in [-0.15, -0.1) is 0 Å². The van der Waals surface area contributed by atoms with Gasteiger partial charge in [-0.05, 0) is 19.1 Å². The summed E-state index contributed by atoms with van der Waals surface area (Å²) in [5.41, 5.74) is 5.95. The standard InChI is InChI=1S/C16H19ClN4O4/c1-8(7-25-12-5-10(17)4-11(6-12)24-3)19-15(22)14-13(18)9(2)20-16(23)21-14/h4-6,8H,2,7,18H2,1,3H3,(H,19,22)(H2,20,21,23)/t8-/m1/s1. The molecule has 0 saturated heterocycles. The molecule has 2 rings (SSSR count). The van der Waals surface area contributed by atoms with E-state index in [-0.39, 0.29) is 29.7 Å². The molecule has 1 atom stereocenters. The molecule has 0 bridgehead atoms. The molecule has 1 aliphatic heterocycles. The summed E-state index contributed by atoms with van der Waals surface area (Å²) >= 11 is 5.97. The van der Waals surface area contributed by atoms with Crippen LogP contribution >= 0.6 is 11.6 Å². The topological polar surface area (TPSA) is 115 Å². The number of ether oxygens (including phenoxy) is 2. The summed E-state index contributed by atoms with van der Waals surface area (Å²) < 4.78 is 10.7. The quantitative estimate of drug-likeness (QED) is 0.604. The van der Waals surface area contributed by atoms with Gasteiger partial charge in [-0.25, -0.2) is 4.79 Å². The van der Waals surface area contributed by atoms with Crippen LogP contribution in [0.3, 0.4) is 0 Å². The number of benzene rings is 1. The number of hydrogen-bond donors (Lipinski definition) is 4. The lowest BCUT2D eigenvalue weighted by molar-refractivity contribution is -0.118. The molecule has 3 amide bonds. The average molecular weight is 367 g/mol. The van der Waals surface area contributed by atoms with Crippen molar-refractivity contribution in [1.29, 1.82) is 0 Å². The van der Waals surface area contributed by atoms with Gasteiger partial charge in [-0.3, -0.25) is 4.79 Å². The van der Waals surface area contributed by atoms with Crippen molar-refractivity contribution in [3.05, 3.63) is 46.9 Å². The first-order valence-electron chi connectivity index (χ1n) is 7.35. The normalized spacial score (nSPS) is 15.2. The summed E-state index contributed by atoms with van der Waals surface area (Å²) in [6.07, 6.45) is 0. The number of amides is 3. The van der Waals surface area contributed by atoms with Crippen molar-refractivity contribution in [2.75, 3.05) is 13.7 Å². The van der Waals surface area contributed by atoms with E-state index in [4.69, 9.17) is 26.8 Å².